The number of nitrogens with one attached hydrogen (secondary N) is 2. The number of aromatic hydroxyl groups is 2. The highest BCUT2D eigenvalue weighted by atomic mass is 16.3. The van der Waals surface area contributed by atoms with E-state index in [2.05, 4.69) is 15.6 Å². The first-order chi connectivity index (χ1) is 11.0. The van der Waals surface area contributed by atoms with Crippen molar-refractivity contribution in [1.29, 1.82) is 0 Å². The van der Waals surface area contributed by atoms with Gasteiger partial charge in [-0.15, -0.1) is 0 Å². The van der Waals surface area contributed by atoms with E-state index in [1.165, 1.54) is 6.92 Å². The summed E-state index contributed by atoms with van der Waals surface area (Å²) in [6.45, 7) is 1.37. The molecule has 0 spiro atoms. The minimum absolute atomic E-state index is 0.0859. The average Bonchev–Trinajstić information content (AvgIpc) is 2.50. The minimum Gasteiger partial charge on any atom is -0.508 e. The maximum Gasteiger partial charge on any atom is 0.221 e. The molecule has 4 N–H and O–H groups in total. The molecule has 0 aliphatic heterocycles. The van der Waals surface area contributed by atoms with E-state index in [1.54, 1.807) is 42.6 Å². The fourth-order valence-corrected chi connectivity index (χ4v) is 2.34. The van der Waals surface area contributed by atoms with Gasteiger partial charge in [-0.2, -0.15) is 0 Å². The number of carbonyl (C=O) groups excluding carboxylic acids is 1. The second kappa shape index (κ2) is 5.84. The molecule has 2 aromatic carbocycles. The van der Waals surface area contributed by atoms with Crippen molar-refractivity contribution in [3.05, 3.63) is 48.7 Å². The van der Waals surface area contributed by atoms with Gasteiger partial charge in [0.05, 0.1) is 5.69 Å². The molecule has 0 saturated carbocycles. The van der Waals surface area contributed by atoms with Crippen LogP contribution in [-0.4, -0.2) is 21.1 Å². The second-order valence-corrected chi connectivity index (χ2v) is 5.07. The summed E-state index contributed by atoms with van der Waals surface area (Å²) in [5.41, 5.74) is 2.13. The van der Waals surface area contributed by atoms with Gasteiger partial charge in [0.2, 0.25) is 5.91 Å². The fourth-order valence-electron chi connectivity index (χ4n) is 2.34. The maximum atomic E-state index is 11.2. The molecule has 0 aliphatic rings. The highest BCUT2D eigenvalue weighted by molar-refractivity contribution is 6.01. The highest BCUT2D eigenvalue weighted by Gasteiger charge is 2.11. The quantitative estimate of drug-likeness (QED) is 0.557. The molecule has 3 rings (SSSR count). The third-order valence-electron chi connectivity index (χ3n) is 3.32. The Labute approximate surface area is 132 Å². The van der Waals surface area contributed by atoms with Crippen molar-refractivity contribution in [2.75, 3.05) is 10.6 Å². The third-order valence-corrected chi connectivity index (χ3v) is 3.32. The molecular formula is C17H15N3O3. The van der Waals surface area contributed by atoms with Gasteiger partial charge in [-0.05, 0) is 30.3 Å². The number of phenolic OH excluding ortho intramolecular Hbond substituents is 2. The largest absolute Gasteiger partial charge is 0.508 e. The van der Waals surface area contributed by atoms with Crippen LogP contribution in [0.4, 0.5) is 17.1 Å². The van der Waals surface area contributed by atoms with E-state index < -0.39 is 0 Å². The zero-order valence-corrected chi connectivity index (χ0v) is 12.4. The minimum atomic E-state index is -0.270. The molecule has 6 nitrogen and oxygen atoms in total. The number of anilines is 3. The summed E-state index contributed by atoms with van der Waals surface area (Å²) < 4.78 is 0. The molecule has 0 radical (unpaired) electrons. The molecule has 6 heteroatoms. The molecule has 1 aromatic heterocycles. The summed E-state index contributed by atoms with van der Waals surface area (Å²) in [6.07, 6.45) is 1.56. The van der Waals surface area contributed by atoms with Gasteiger partial charge < -0.3 is 20.8 Å². The molecule has 0 aliphatic carbocycles. The summed E-state index contributed by atoms with van der Waals surface area (Å²) in [7, 11) is 0. The monoisotopic (exact) mass is 309 g/mol. The Kier molecular flexibility index (Phi) is 3.72. The number of nitrogens with zero attached hydrogens (tertiary/aromatic N) is 1. The summed E-state index contributed by atoms with van der Waals surface area (Å²) in [4.78, 5) is 15.3. The second-order valence-electron chi connectivity index (χ2n) is 5.07. The molecule has 1 heterocycles. The van der Waals surface area contributed by atoms with Crippen LogP contribution in [0.15, 0.2) is 48.7 Å². The number of phenols is 2. The van der Waals surface area contributed by atoms with Crippen LogP contribution in [0.3, 0.4) is 0 Å². The Bertz CT molecular complexity index is 893. The van der Waals surface area contributed by atoms with Gasteiger partial charge in [0.15, 0.2) is 5.75 Å². The predicted octanol–water partition coefficient (Wildman–Crippen LogP) is 3.35. The summed E-state index contributed by atoms with van der Waals surface area (Å²) in [5, 5.41) is 26.3. The van der Waals surface area contributed by atoms with Gasteiger partial charge in [-0.25, -0.2) is 0 Å². The lowest BCUT2D eigenvalue weighted by atomic mass is 10.1. The molecular weight excluding hydrogens is 294 g/mol. The lowest BCUT2D eigenvalue weighted by molar-refractivity contribution is -0.114. The number of amides is 1. The maximum absolute atomic E-state index is 11.2. The highest BCUT2D eigenvalue weighted by Crippen LogP contribution is 2.35. The molecule has 1 amide bonds. The van der Waals surface area contributed by atoms with Crippen molar-refractivity contribution in [1.82, 2.24) is 4.98 Å². The Balaban J connectivity index is 2.05. The molecule has 0 saturated heterocycles. The molecule has 3 aromatic rings. The van der Waals surface area contributed by atoms with Crippen LogP contribution in [0, 0.1) is 0 Å². The summed E-state index contributed by atoms with van der Waals surface area (Å²) in [5.74, 6) is -0.199. The number of aromatic nitrogens is 1. The standard InChI is InChI=1S/C17H15N3O3/c1-10(21)19-15-6-5-13-14(7-8-18-16(13)17(15)23)20-11-3-2-4-12(22)9-11/h2-9,22-23H,1H3,(H,18,20)(H,19,21). The van der Waals surface area contributed by atoms with Crippen LogP contribution in [0.1, 0.15) is 6.92 Å². The first kappa shape index (κ1) is 14.6. The Morgan fingerprint density at radius 2 is 1.91 bits per heavy atom. The zero-order valence-electron chi connectivity index (χ0n) is 12.4. The van der Waals surface area contributed by atoms with Gasteiger partial charge in [-0.3, -0.25) is 9.78 Å². The van der Waals surface area contributed by atoms with Gasteiger partial charge in [0, 0.05) is 35.9 Å². The van der Waals surface area contributed by atoms with Crippen LogP contribution in [-0.2, 0) is 4.79 Å². The molecule has 0 atom stereocenters. The number of benzene rings is 2. The first-order valence-electron chi connectivity index (χ1n) is 6.99. The molecule has 23 heavy (non-hydrogen) atoms. The van der Waals surface area contributed by atoms with Crippen LogP contribution < -0.4 is 10.6 Å². The average molecular weight is 309 g/mol. The molecule has 0 fully saturated rings. The Morgan fingerprint density at radius 1 is 1.09 bits per heavy atom. The normalized spacial score (nSPS) is 10.5. The lowest BCUT2D eigenvalue weighted by Gasteiger charge is -2.12. The SMILES string of the molecule is CC(=O)Nc1ccc2c(Nc3cccc(O)c3)ccnc2c1O. The number of fused-ring (bicyclic) bond motifs is 1. The van der Waals surface area contributed by atoms with Crippen molar-refractivity contribution < 1.29 is 15.0 Å². The van der Waals surface area contributed by atoms with E-state index >= 15 is 0 Å². The number of hydrogen-bond acceptors (Lipinski definition) is 5. The van der Waals surface area contributed by atoms with E-state index in [4.69, 9.17) is 0 Å². The van der Waals surface area contributed by atoms with Crippen LogP contribution in [0.5, 0.6) is 11.5 Å². The third kappa shape index (κ3) is 3.01. The van der Waals surface area contributed by atoms with Crippen LogP contribution in [0.2, 0.25) is 0 Å². The van der Waals surface area contributed by atoms with Crippen LogP contribution >= 0.6 is 0 Å². The van der Waals surface area contributed by atoms with Crippen molar-refractivity contribution in [2.24, 2.45) is 0 Å². The number of pyridine rings is 1. The molecule has 0 bridgehead atoms. The smallest absolute Gasteiger partial charge is 0.221 e. The topological polar surface area (TPSA) is 94.5 Å². The van der Waals surface area contributed by atoms with Crippen molar-refractivity contribution in [3.8, 4) is 11.5 Å². The predicted molar refractivity (Wildman–Crippen MR) is 89.1 cm³/mol. The van der Waals surface area contributed by atoms with E-state index in [0.29, 0.717) is 22.3 Å². The van der Waals surface area contributed by atoms with Gasteiger partial charge in [-0.1, -0.05) is 6.07 Å². The number of hydrogen-bond donors (Lipinski definition) is 4. The number of rotatable bonds is 3. The van der Waals surface area contributed by atoms with Gasteiger partial charge >= 0.3 is 0 Å². The van der Waals surface area contributed by atoms with Crippen molar-refractivity contribution in [3.63, 3.8) is 0 Å². The molecule has 0 unspecified atom stereocenters. The fraction of sp³-hybridized carbons (Fsp3) is 0.0588. The van der Waals surface area contributed by atoms with E-state index in [9.17, 15) is 15.0 Å². The van der Waals surface area contributed by atoms with E-state index in [1.807, 2.05) is 6.07 Å². The van der Waals surface area contributed by atoms with Crippen molar-refractivity contribution in [2.45, 2.75) is 6.92 Å². The summed E-state index contributed by atoms with van der Waals surface area (Å²) in [6, 6.07) is 11.9. The van der Waals surface area contributed by atoms with Gasteiger partial charge in [0.1, 0.15) is 11.3 Å². The summed E-state index contributed by atoms with van der Waals surface area (Å²) >= 11 is 0. The Morgan fingerprint density at radius 3 is 2.65 bits per heavy atom. The zero-order chi connectivity index (χ0) is 16.4. The van der Waals surface area contributed by atoms with E-state index in [-0.39, 0.29) is 17.4 Å². The Hall–Kier alpha value is -3.28. The molecule has 116 valence electrons. The van der Waals surface area contributed by atoms with Crippen molar-refractivity contribution >= 4 is 33.9 Å². The first-order valence-corrected chi connectivity index (χ1v) is 6.99. The van der Waals surface area contributed by atoms with Gasteiger partial charge in [0.25, 0.3) is 0 Å². The lowest BCUT2D eigenvalue weighted by Crippen LogP contribution is -2.06. The van der Waals surface area contributed by atoms with E-state index in [0.717, 1.165) is 5.69 Å². The van der Waals surface area contributed by atoms with Crippen LogP contribution in [0.25, 0.3) is 10.9 Å². The number of carbonyl (C=O) groups is 1.